The fraction of sp³-hybridized carbons (Fsp3) is 0.111. The second-order valence-corrected chi connectivity index (χ2v) is 2.53. The van der Waals surface area contributed by atoms with Crippen LogP contribution in [0, 0.1) is 0 Å². The van der Waals surface area contributed by atoms with E-state index in [0.717, 1.165) is 5.56 Å². The Morgan fingerprint density at radius 3 is 2.21 bits per heavy atom. The zero-order valence-corrected chi connectivity index (χ0v) is 7.58. The normalized spacial score (nSPS) is 9.79. The van der Waals surface area contributed by atoms with Gasteiger partial charge in [0.1, 0.15) is 0 Å². The fourth-order valence-corrected chi connectivity index (χ4v) is 0.985. The van der Waals surface area contributed by atoms with Crippen molar-refractivity contribution in [3.63, 3.8) is 0 Å². The summed E-state index contributed by atoms with van der Waals surface area (Å²) in [7, 11) is 1.52. The third-order valence-corrected chi connectivity index (χ3v) is 1.63. The minimum atomic E-state index is 0.338. The summed E-state index contributed by atoms with van der Waals surface area (Å²) in [5.74, 6) is 0.607. The molecule has 0 aliphatic rings. The Morgan fingerprint density at radius 2 is 1.64 bits per heavy atom. The first-order valence-electron chi connectivity index (χ1n) is 4.03. The lowest BCUT2D eigenvalue weighted by Crippen LogP contribution is -1.93. The molecule has 2 heterocycles. The zero-order chi connectivity index (χ0) is 9.80. The molecule has 0 aliphatic carbocycles. The quantitative estimate of drug-likeness (QED) is 0.701. The van der Waals surface area contributed by atoms with Crippen LogP contribution >= 0.6 is 0 Å². The molecule has 2 aromatic heterocycles. The molecule has 0 unspecified atom stereocenters. The van der Waals surface area contributed by atoms with Crippen LogP contribution in [0.5, 0.6) is 6.01 Å². The third-order valence-electron chi connectivity index (χ3n) is 1.63. The average molecular weight is 188 g/mol. The van der Waals surface area contributed by atoms with Crippen molar-refractivity contribution in [3.05, 3.63) is 30.9 Å². The van der Waals surface area contributed by atoms with Crippen LogP contribution < -0.4 is 4.74 Å². The second-order valence-electron chi connectivity index (χ2n) is 2.53. The van der Waals surface area contributed by atoms with Crippen molar-refractivity contribution < 1.29 is 4.74 Å². The zero-order valence-electron chi connectivity index (χ0n) is 7.58. The summed E-state index contributed by atoms with van der Waals surface area (Å²) in [5, 5.41) is 0. The van der Waals surface area contributed by atoms with E-state index < -0.39 is 0 Å². The molecule has 0 aromatic carbocycles. The maximum absolute atomic E-state index is 4.84. The third kappa shape index (κ3) is 1.66. The highest BCUT2D eigenvalue weighted by molar-refractivity contribution is 5.51. The van der Waals surface area contributed by atoms with E-state index in [-0.39, 0.29) is 0 Å². The van der Waals surface area contributed by atoms with Crippen molar-refractivity contribution in [1.82, 2.24) is 19.9 Å². The van der Waals surface area contributed by atoms with Crippen molar-refractivity contribution >= 4 is 0 Å². The number of methoxy groups -OCH3 is 1. The van der Waals surface area contributed by atoms with Crippen LogP contribution in [0.15, 0.2) is 30.9 Å². The lowest BCUT2D eigenvalue weighted by molar-refractivity contribution is 0.380. The predicted octanol–water partition coefficient (Wildman–Crippen LogP) is 0.942. The first-order chi connectivity index (χ1) is 6.90. The van der Waals surface area contributed by atoms with Crippen molar-refractivity contribution in [3.8, 4) is 17.4 Å². The molecule has 14 heavy (non-hydrogen) atoms. The van der Waals surface area contributed by atoms with Gasteiger partial charge in [0.25, 0.3) is 0 Å². The summed E-state index contributed by atoms with van der Waals surface area (Å²) < 4.78 is 4.84. The van der Waals surface area contributed by atoms with Crippen LogP contribution in [0.4, 0.5) is 0 Å². The Hall–Kier alpha value is -2.04. The van der Waals surface area contributed by atoms with Crippen molar-refractivity contribution in [2.75, 3.05) is 7.11 Å². The van der Waals surface area contributed by atoms with Crippen LogP contribution in [-0.4, -0.2) is 27.0 Å². The molecule has 0 atom stereocenters. The Bertz CT molecular complexity index is 401. The summed E-state index contributed by atoms with van der Waals surface area (Å²) in [5.41, 5.74) is 0.770. The van der Waals surface area contributed by atoms with Gasteiger partial charge in [0, 0.05) is 24.8 Å². The topological polar surface area (TPSA) is 60.8 Å². The van der Waals surface area contributed by atoms with Crippen LogP contribution in [0.25, 0.3) is 11.4 Å². The average Bonchev–Trinajstić information content (AvgIpc) is 2.30. The number of hydrogen-bond acceptors (Lipinski definition) is 5. The standard InChI is InChI=1S/C9H8N4O/c1-14-9-12-5-7(6-13-9)8-10-3-2-4-11-8/h2-6H,1H3. The lowest BCUT2D eigenvalue weighted by Gasteiger charge is -1.99. The van der Waals surface area contributed by atoms with Gasteiger partial charge in [0.2, 0.25) is 0 Å². The summed E-state index contributed by atoms with van der Waals surface area (Å²) in [4.78, 5) is 16.1. The summed E-state index contributed by atoms with van der Waals surface area (Å²) in [6, 6.07) is 2.10. The van der Waals surface area contributed by atoms with Gasteiger partial charge in [-0.15, -0.1) is 0 Å². The summed E-state index contributed by atoms with van der Waals surface area (Å²) >= 11 is 0. The van der Waals surface area contributed by atoms with Gasteiger partial charge in [0.05, 0.1) is 12.7 Å². The van der Waals surface area contributed by atoms with E-state index >= 15 is 0 Å². The minimum absolute atomic E-state index is 0.338. The highest BCUT2D eigenvalue weighted by Crippen LogP contribution is 2.11. The van der Waals surface area contributed by atoms with Crippen molar-refractivity contribution in [1.29, 1.82) is 0 Å². The molecule has 0 amide bonds. The smallest absolute Gasteiger partial charge is 0.316 e. The maximum atomic E-state index is 4.84. The van der Waals surface area contributed by atoms with Gasteiger partial charge < -0.3 is 4.74 Å². The molecule has 0 spiro atoms. The van der Waals surface area contributed by atoms with Gasteiger partial charge in [-0.3, -0.25) is 0 Å². The predicted molar refractivity (Wildman–Crippen MR) is 49.6 cm³/mol. The molecular formula is C9H8N4O. The Kier molecular flexibility index (Phi) is 2.31. The molecule has 2 rings (SSSR count). The molecule has 0 saturated carbocycles. The Morgan fingerprint density at radius 1 is 1.00 bits per heavy atom. The molecule has 70 valence electrons. The number of aromatic nitrogens is 4. The first kappa shape index (κ1) is 8.55. The van der Waals surface area contributed by atoms with Gasteiger partial charge in [-0.25, -0.2) is 19.9 Å². The molecule has 0 N–H and O–H groups in total. The summed E-state index contributed by atoms with van der Waals surface area (Å²) in [6.45, 7) is 0. The van der Waals surface area contributed by atoms with E-state index in [4.69, 9.17) is 4.74 Å². The van der Waals surface area contributed by atoms with E-state index in [0.29, 0.717) is 11.8 Å². The number of nitrogens with zero attached hydrogens (tertiary/aromatic N) is 4. The van der Waals surface area contributed by atoms with E-state index in [2.05, 4.69) is 19.9 Å². The van der Waals surface area contributed by atoms with Gasteiger partial charge in [0.15, 0.2) is 5.82 Å². The molecule has 0 saturated heterocycles. The highest BCUT2D eigenvalue weighted by atomic mass is 16.5. The molecule has 0 aliphatic heterocycles. The van der Waals surface area contributed by atoms with Gasteiger partial charge in [-0.05, 0) is 6.07 Å². The second kappa shape index (κ2) is 3.78. The van der Waals surface area contributed by atoms with Gasteiger partial charge >= 0.3 is 6.01 Å². The molecule has 5 nitrogen and oxygen atoms in total. The van der Waals surface area contributed by atoms with Crippen LogP contribution in [0.2, 0.25) is 0 Å². The van der Waals surface area contributed by atoms with Crippen molar-refractivity contribution in [2.24, 2.45) is 0 Å². The lowest BCUT2D eigenvalue weighted by atomic mass is 10.3. The fourth-order valence-electron chi connectivity index (χ4n) is 0.985. The number of ether oxygens (including phenoxy) is 1. The Balaban J connectivity index is 2.34. The molecule has 0 radical (unpaired) electrons. The van der Waals surface area contributed by atoms with Crippen LogP contribution in [0.3, 0.4) is 0 Å². The molecule has 2 aromatic rings. The largest absolute Gasteiger partial charge is 0.467 e. The van der Waals surface area contributed by atoms with E-state index in [1.54, 1.807) is 30.9 Å². The van der Waals surface area contributed by atoms with Gasteiger partial charge in [-0.1, -0.05) is 0 Å². The number of rotatable bonds is 2. The van der Waals surface area contributed by atoms with Crippen LogP contribution in [0.1, 0.15) is 0 Å². The van der Waals surface area contributed by atoms with Gasteiger partial charge in [-0.2, -0.15) is 0 Å². The maximum Gasteiger partial charge on any atom is 0.316 e. The number of hydrogen-bond donors (Lipinski definition) is 0. The van der Waals surface area contributed by atoms with E-state index in [1.807, 2.05) is 0 Å². The molecule has 0 bridgehead atoms. The molecule has 0 fully saturated rings. The molecule has 5 heteroatoms. The SMILES string of the molecule is COc1ncc(-c2ncccn2)cn1. The highest BCUT2D eigenvalue weighted by Gasteiger charge is 2.01. The minimum Gasteiger partial charge on any atom is -0.467 e. The molecular weight excluding hydrogens is 180 g/mol. The first-order valence-corrected chi connectivity index (χ1v) is 4.03. The van der Waals surface area contributed by atoms with Crippen molar-refractivity contribution in [2.45, 2.75) is 0 Å². The van der Waals surface area contributed by atoms with Crippen LogP contribution in [-0.2, 0) is 0 Å². The van der Waals surface area contributed by atoms with E-state index in [1.165, 1.54) is 7.11 Å². The Labute approximate surface area is 80.8 Å². The monoisotopic (exact) mass is 188 g/mol. The summed E-state index contributed by atoms with van der Waals surface area (Å²) in [6.07, 6.45) is 6.60. The van der Waals surface area contributed by atoms with E-state index in [9.17, 15) is 0 Å².